The van der Waals surface area contributed by atoms with Gasteiger partial charge in [0.1, 0.15) is 5.69 Å². The minimum Gasteiger partial charge on any atom is -0.298 e. The number of hydrogen-bond donors (Lipinski definition) is 3. The maximum absolute atomic E-state index is 11.8. The maximum Gasteiger partial charge on any atom is 0.273 e. The number of thioether (sulfide) groups is 1. The molecule has 0 bridgehead atoms. The molecule has 8 nitrogen and oxygen atoms in total. The molecule has 0 fully saturated rings. The predicted molar refractivity (Wildman–Crippen MR) is 87.9 cm³/mol. The van der Waals surface area contributed by atoms with Crippen LogP contribution in [0, 0.1) is 6.92 Å². The van der Waals surface area contributed by atoms with Crippen LogP contribution in [0.1, 0.15) is 16.1 Å². The van der Waals surface area contributed by atoms with Crippen molar-refractivity contribution in [1.29, 1.82) is 0 Å². The topological polar surface area (TPSA) is 117 Å². The van der Waals surface area contributed by atoms with Crippen molar-refractivity contribution in [2.75, 3.05) is 5.75 Å². The minimum absolute atomic E-state index is 0.0334. The fourth-order valence-corrected chi connectivity index (χ4v) is 2.28. The Hall–Kier alpha value is -2.20. The molecular weight excluding hydrogens is 386 g/mol. The van der Waals surface area contributed by atoms with E-state index < -0.39 is 11.8 Å². The molecule has 2 aromatic rings. The van der Waals surface area contributed by atoms with Crippen LogP contribution in [-0.2, 0) is 4.79 Å². The third-order valence-corrected chi connectivity index (χ3v) is 3.99. The second kappa shape index (κ2) is 7.88. The summed E-state index contributed by atoms with van der Waals surface area (Å²) in [7, 11) is 0. The van der Waals surface area contributed by atoms with Crippen LogP contribution in [0.25, 0.3) is 0 Å². The number of carbonyl (C=O) groups excluding carboxylic acids is 2. The Morgan fingerprint density at radius 1 is 1.22 bits per heavy atom. The lowest BCUT2D eigenvalue weighted by molar-refractivity contribution is -0.119. The van der Waals surface area contributed by atoms with Crippen molar-refractivity contribution in [3.63, 3.8) is 0 Å². The average molecular weight is 398 g/mol. The summed E-state index contributed by atoms with van der Waals surface area (Å²) in [6, 6.07) is 6.68. The summed E-state index contributed by atoms with van der Waals surface area (Å²) in [5, 5.41) is 7.64. The van der Waals surface area contributed by atoms with Gasteiger partial charge in [-0.05, 0) is 31.2 Å². The van der Waals surface area contributed by atoms with Crippen LogP contribution < -0.4 is 16.4 Å². The van der Waals surface area contributed by atoms with Crippen molar-refractivity contribution in [1.82, 2.24) is 26.0 Å². The molecule has 2 rings (SSSR count). The summed E-state index contributed by atoms with van der Waals surface area (Å²) in [5.74, 6) is -0.906. The molecule has 1 aromatic carbocycles. The molecule has 3 N–H and O–H groups in total. The molecule has 10 heteroatoms. The van der Waals surface area contributed by atoms with Crippen LogP contribution in [0.15, 0.2) is 38.7 Å². The lowest BCUT2D eigenvalue weighted by Gasteiger charge is -2.07. The Balaban J connectivity index is 1.80. The van der Waals surface area contributed by atoms with Crippen LogP contribution in [-0.4, -0.2) is 32.7 Å². The average Bonchev–Trinajstić information content (AvgIpc) is 2.54. The summed E-state index contributed by atoms with van der Waals surface area (Å²) < 4.78 is 0.850. The molecule has 0 radical (unpaired) electrons. The Kier molecular flexibility index (Phi) is 5.88. The first-order chi connectivity index (χ1) is 11.0. The van der Waals surface area contributed by atoms with E-state index in [0.717, 1.165) is 16.2 Å². The summed E-state index contributed by atoms with van der Waals surface area (Å²) in [4.78, 5) is 37.3. The zero-order valence-electron chi connectivity index (χ0n) is 11.9. The third kappa shape index (κ3) is 5.18. The van der Waals surface area contributed by atoms with Crippen LogP contribution in [0.4, 0.5) is 0 Å². The van der Waals surface area contributed by atoms with E-state index in [1.54, 1.807) is 24.3 Å². The SMILES string of the molecule is Cc1nnc(SCC(=O)NNC(=O)c2ccc(Br)cc2)[nH]c1=O. The molecule has 0 saturated heterocycles. The number of halogens is 1. The molecule has 0 unspecified atom stereocenters. The zero-order valence-corrected chi connectivity index (χ0v) is 14.3. The van der Waals surface area contributed by atoms with Gasteiger partial charge in [-0.2, -0.15) is 0 Å². The molecule has 0 aliphatic heterocycles. The summed E-state index contributed by atoms with van der Waals surface area (Å²) >= 11 is 4.27. The second-order valence-electron chi connectivity index (χ2n) is 4.34. The molecule has 0 atom stereocenters. The van der Waals surface area contributed by atoms with Crippen LogP contribution in [0.2, 0.25) is 0 Å². The van der Waals surface area contributed by atoms with Crippen molar-refractivity contribution in [2.24, 2.45) is 0 Å². The highest BCUT2D eigenvalue weighted by atomic mass is 79.9. The van der Waals surface area contributed by atoms with Gasteiger partial charge in [0, 0.05) is 10.0 Å². The Bertz CT molecular complexity index is 778. The van der Waals surface area contributed by atoms with Crippen molar-refractivity contribution >= 4 is 39.5 Å². The summed E-state index contributed by atoms with van der Waals surface area (Å²) in [6.45, 7) is 1.53. The van der Waals surface area contributed by atoms with Gasteiger partial charge in [-0.25, -0.2) is 0 Å². The molecule has 0 spiro atoms. The normalized spacial score (nSPS) is 10.2. The lowest BCUT2D eigenvalue weighted by Crippen LogP contribution is -2.42. The first-order valence-corrected chi connectivity index (χ1v) is 8.14. The Morgan fingerprint density at radius 3 is 2.57 bits per heavy atom. The van der Waals surface area contributed by atoms with Gasteiger partial charge in [0.2, 0.25) is 5.91 Å². The van der Waals surface area contributed by atoms with Gasteiger partial charge >= 0.3 is 0 Å². The van der Waals surface area contributed by atoms with Crippen LogP contribution >= 0.6 is 27.7 Å². The van der Waals surface area contributed by atoms with E-state index in [1.165, 1.54) is 6.92 Å². The number of amides is 2. The lowest BCUT2D eigenvalue weighted by atomic mass is 10.2. The third-order valence-electron chi connectivity index (χ3n) is 2.60. The largest absolute Gasteiger partial charge is 0.298 e. The number of benzene rings is 1. The fraction of sp³-hybridized carbons (Fsp3) is 0.154. The number of carbonyl (C=O) groups is 2. The first kappa shape index (κ1) is 17.2. The molecule has 0 aliphatic rings. The van der Waals surface area contributed by atoms with Gasteiger partial charge < -0.3 is 0 Å². The molecule has 1 aromatic heterocycles. The number of H-pyrrole nitrogens is 1. The van der Waals surface area contributed by atoms with E-state index in [9.17, 15) is 14.4 Å². The zero-order chi connectivity index (χ0) is 16.8. The summed E-state index contributed by atoms with van der Waals surface area (Å²) in [5.41, 5.74) is 4.89. The second-order valence-corrected chi connectivity index (χ2v) is 6.22. The number of aryl methyl sites for hydroxylation is 1. The fourth-order valence-electron chi connectivity index (χ4n) is 1.41. The molecule has 0 aliphatic carbocycles. The number of nitrogens with one attached hydrogen (secondary N) is 3. The van der Waals surface area contributed by atoms with Crippen LogP contribution in [0.3, 0.4) is 0 Å². The number of nitrogens with zero attached hydrogens (tertiary/aromatic N) is 2. The van der Waals surface area contributed by atoms with Gasteiger partial charge in [-0.1, -0.05) is 27.7 Å². The molecule has 1 heterocycles. The monoisotopic (exact) mass is 397 g/mol. The molecule has 2 amide bonds. The van der Waals surface area contributed by atoms with Gasteiger partial charge in [0.05, 0.1) is 5.75 Å². The van der Waals surface area contributed by atoms with Gasteiger partial charge in [0.15, 0.2) is 5.16 Å². The van der Waals surface area contributed by atoms with E-state index in [-0.39, 0.29) is 22.2 Å². The van der Waals surface area contributed by atoms with Crippen molar-refractivity contribution in [3.8, 4) is 0 Å². The van der Waals surface area contributed by atoms with E-state index in [0.29, 0.717) is 5.56 Å². The van der Waals surface area contributed by atoms with Crippen molar-refractivity contribution in [3.05, 3.63) is 50.3 Å². The highest BCUT2D eigenvalue weighted by molar-refractivity contribution is 9.10. The van der Waals surface area contributed by atoms with Gasteiger partial charge in [-0.3, -0.25) is 30.2 Å². The number of hydrazine groups is 1. The predicted octanol–water partition coefficient (Wildman–Crippen LogP) is 0.789. The smallest absolute Gasteiger partial charge is 0.273 e. The van der Waals surface area contributed by atoms with E-state index in [1.807, 2.05) is 0 Å². The first-order valence-electron chi connectivity index (χ1n) is 6.37. The number of rotatable bonds is 4. The van der Waals surface area contributed by atoms with Gasteiger partial charge in [0.25, 0.3) is 11.5 Å². The highest BCUT2D eigenvalue weighted by Gasteiger charge is 2.09. The Labute approximate surface area is 143 Å². The highest BCUT2D eigenvalue weighted by Crippen LogP contribution is 2.10. The van der Waals surface area contributed by atoms with Crippen molar-refractivity contribution < 1.29 is 9.59 Å². The summed E-state index contributed by atoms with van der Waals surface area (Å²) in [6.07, 6.45) is 0. The Morgan fingerprint density at radius 2 is 1.91 bits per heavy atom. The quantitative estimate of drug-likeness (QED) is 0.518. The van der Waals surface area contributed by atoms with E-state index in [2.05, 4.69) is 42.0 Å². The maximum atomic E-state index is 11.8. The van der Waals surface area contributed by atoms with Crippen LogP contribution in [0.5, 0.6) is 0 Å². The number of aromatic amines is 1. The molecule has 0 saturated carbocycles. The van der Waals surface area contributed by atoms with Gasteiger partial charge in [-0.15, -0.1) is 10.2 Å². The molecule has 120 valence electrons. The molecule has 23 heavy (non-hydrogen) atoms. The van der Waals surface area contributed by atoms with E-state index in [4.69, 9.17) is 0 Å². The van der Waals surface area contributed by atoms with E-state index >= 15 is 0 Å². The minimum atomic E-state index is -0.441. The van der Waals surface area contributed by atoms with Crippen molar-refractivity contribution in [2.45, 2.75) is 12.1 Å². The molecular formula is C13H12BrN5O3S. The standard InChI is InChI=1S/C13H12BrN5O3S/c1-7-11(21)15-13(19-16-7)23-6-10(20)17-18-12(22)8-2-4-9(14)5-3-8/h2-5H,6H2,1H3,(H,17,20)(H,18,22)(H,15,19,21). The number of aromatic nitrogens is 3. The number of hydrogen-bond acceptors (Lipinski definition) is 6.